The molecule has 1 N–H and O–H groups in total. The lowest BCUT2D eigenvalue weighted by Crippen LogP contribution is -2.51. The fourth-order valence-corrected chi connectivity index (χ4v) is 2.49. The van der Waals surface area contributed by atoms with Gasteiger partial charge in [0.05, 0.1) is 0 Å². The molecule has 2 nitrogen and oxygen atoms in total. The van der Waals surface area contributed by atoms with Crippen molar-refractivity contribution in [1.29, 1.82) is 0 Å². The lowest BCUT2D eigenvalue weighted by molar-refractivity contribution is 0.122. The van der Waals surface area contributed by atoms with Crippen molar-refractivity contribution in [2.24, 2.45) is 5.92 Å². The average Bonchev–Trinajstić information content (AvgIpc) is 2.20. The van der Waals surface area contributed by atoms with Crippen LogP contribution < -0.4 is 5.32 Å². The van der Waals surface area contributed by atoms with Crippen LogP contribution in [0.1, 0.15) is 46.5 Å². The molecule has 1 aliphatic heterocycles. The van der Waals surface area contributed by atoms with Crippen molar-refractivity contribution in [2.45, 2.75) is 58.5 Å². The Labute approximate surface area is 95.4 Å². The SMILES string of the molecule is CCCCCN[C@H]1C[C@H](C)N(C)C[C@@H]1C. The molecule has 2 heteroatoms. The Balaban J connectivity index is 2.22. The topological polar surface area (TPSA) is 15.3 Å². The summed E-state index contributed by atoms with van der Waals surface area (Å²) in [6, 6.07) is 1.48. The molecular weight excluding hydrogens is 184 g/mol. The number of nitrogens with one attached hydrogen (secondary N) is 1. The first-order valence-electron chi connectivity index (χ1n) is 6.58. The van der Waals surface area contributed by atoms with Crippen molar-refractivity contribution >= 4 is 0 Å². The van der Waals surface area contributed by atoms with Crippen molar-refractivity contribution in [2.75, 3.05) is 20.1 Å². The normalized spacial score (nSPS) is 33.2. The second-order valence-corrected chi connectivity index (χ2v) is 5.27. The van der Waals surface area contributed by atoms with Crippen LogP contribution in [0.4, 0.5) is 0 Å². The average molecular weight is 212 g/mol. The van der Waals surface area contributed by atoms with Crippen molar-refractivity contribution in [3.8, 4) is 0 Å². The minimum absolute atomic E-state index is 0.741. The standard InChI is InChI=1S/C13H28N2/c1-5-6-7-8-14-13-9-12(3)15(4)10-11(13)2/h11-14H,5-10H2,1-4H3/t11-,12-,13-/m0/s1. The molecule has 0 aromatic carbocycles. The van der Waals surface area contributed by atoms with E-state index in [0.717, 1.165) is 18.0 Å². The Hall–Kier alpha value is -0.0800. The third-order valence-electron chi connectivity index (χ3n) is 3.80. The number of unbranched alkanes of at least 4 members (excludes halogenated alkanes) is 2. The molecular formula is C13H28N2. The highest BCUT2D eigenvalue weighted by Gasteiger charge is 2.27. The zero-order valence-corrected chi connectivity index (χ0v) is 10.9. The highest BCUT2D eigenvalue weighted by Crippen LogP contribution is 2.20. The van der Waals surface area contributed by atoms with E-state index >= 15 is 0 Å². The fraction of sp³-hybridized carbons (Fsp3) is 1.00. The van der Waals surface area contributed by atoms with Crippen LogP contribution in [-0.2, 0) is 0 Å². The maximum atomic E-state index is 3.73. The summed E-state index contributed by atoms with van der Waals surface area (Å²) in [5.41, 5.74) is 0. The van der Waals surface area contributed by atoms with Crippen LogP contribution in [0.5, 0.6) is 0 Å². The Morgan fingerprint density at radius 3 is 2.67 bits per heavy atom. The summed E-state index contributed by atoms with van der Waals surface area (Å²) in [4.78, 5) is 2.48. The summed E-state index contributed by atoms with van der Waals surface area (Å²) in [5.74, 6) is 0.799. The van der Waals surface area contributed by atoms with Gasteiger partial charge in [0.25, 0.3) is 0 Å². The fourth-order valence-electron chi connectivity index (χ4n) is 2.49. The predicted molar refractivity (Wildman–Crippen MR) is 67.2 cm³/mol. The molecule has 1 rings (SSSR count). The van der Waals surface area contributed by atoms with Gasteiger partial charge in [-0.25, -0.2) is 0 Å². The van der Waals surface area contributed by atoms with Crippen molar-refractivity contribution < 1.29 is 0 Å². The van der Waals surface area contributed by atoms with Gasteiger partial charge in [0.2, 0.25) is 0 Å². The van der Waals surface area contributed by atoms with Gasteiger partial charge in [-0.05, 0) is 39.3 Å². The molecule has 0 unspecified atom stereocenters. The minimum Gasteiger partial charge on any atom is -0.314 e. The lowest BCUT2D eigenvalue weighted by atomic mass is 9.90. The third kappa shape index (κ3) is 4.12. The van der Waals surface area contributed by atoms with Gasteiger partial charge in [-0.3, -0.25) is 0 Å². The van der Waals surface area contributed by atoms with E-state index in [1.165, 1.54) is 38.8 Å². The van der Waals surface area contributed by atoms with E-state index < -0.39 is 0 Å². The maximum Gasteiger partial charge on any atom is 0.0120 e. The van der Waals surface area contributed by atoms with E-state index in [1.807, 2.05) is 0 Å². The van der Waals surface area contributed by atoms with Gasteiger partial charge < -0.3 is 10.2 Å². The largest absolute Gasteiger partial charge is 0.314 e. The molecule has 0 amide bonds. The Morgan fingerprint density at radius 1 is 1.27 bits per heavy atom. The van der Waals surface area contributed by atoms with E-state index in [-0.39, 0.29) is 0 Å². The highest BCUT2D eigenvalue weighted by molar-refractivity contribution is 4.85. The molecule has 1 aliphatic rings. The van der Waals surface area contributed by atoms with Gasteiger partial charge in [-0.2, -0.15) is 0 Å². The molecule has 0 aliphatic carbocycles. The molecule has 1 fully saturated rings. The Morgan fingerprint density at radius 2 is 2.00 bits per heavy atom. The van der Waals surface area contributed by atoms with E-state index in [1.54, 1.807) is 0 Å². The van der Waals surface area contributed by atoms with Crippen LogP contribution in [0.25, 0.3) is 0 Å². The number of hydrogen-bond donors (Lipinski definition) is 1. The summed E-state index contributed by atoms with van der Waals surface area (Å²) in [6.45, 7) is 9.43. The number of nitrogens with zero attached hydrogens (tertiary/aromatic N) is 1. The predicted octanol–water partition coefficient (Wildman–Crippen LogP) is 2.49. The molecule has 0 radical (unpaired) electrons. The zero-order chi connectivity index (χ0) is 11.3. The number of hydrogen-bond acceptors (Lipinski definition) is 2. The first-order chi connectivity index (χ1) is 7.15. The third-order valence-corrected chi connectivity index (χ3v) is 3.80. The van der Waals surface area contributed by atoms with Gasteiger partial charge >= 0.3 is 0 Å². The van der Waals surface area contributed by atoms with Crippen LogP contribution >= 0.6 is 0 Å². The van der Waals surface area contributed by atoms with Crippen molar-refractivity contribution in [3.63, 3.8) is 0 Å². The number of piperidine rings is 1. The molecule has 3 atom stereocenters. The van der Waals surface area contributed by atoms with Gasteiger partial charge in [0.15, 0.2) is 0 Å². The lowest BCUT2D eigenvalue weighted by Gasteiger charge is -2.40. The maximum absolute atomic E-state index is 3.73. The van der Waals surface area contributed by atoms with Crippen LogP contribution in [0.2, 0.25) is 0 Å². The molecule has 1 saturated heterocycles. The first-order valence-corrected chi connectivity index (χ1v) is 6.58. The summed E-state index contributed by atoms with van der Waals surface area (Å²) < 4.78 is 0. The number of rotatable bonds is 5. The minimum atomic E-state index is 0.741. The van der Waals surface area contributed by atoms with Crippen LogP contribution in [0.3, 0.4) is 0 Å². The first kappa shape index (κ1) is 13.0. The van der Waals surface area contributed by atoms with Gasteiger partial charge in [0, 0.05) is 18.6 Å². The van der Waals surface area contributed by atoms with Crippen molar-refractivity contribution in [3.05, 3.63) is 0 Å². The summed E-state index contributed by atoms with van der Waals surface area (Å²) in [7, 11) is 2.24. The van der Waals surface area contributed by atoms with Gasteiger partial charge in [-0.15, -0.1) is 0 Å². The van der Waals surface area contributed by atoms with Gasteiger partial charge in [0.1, 0.15) is 0 Å². The summed E-state index contributed by atoms with van der Waals surface area (Å²) >= 11 is 0. The molecule has 0 bridgehead atoms. The Kier molecular flexibility index (Phi) is 5.62. The summed E-state index contributed by atoms with van der Waals surface area (Å²) in [5, 5.41) is 3.73. The quantitative estimate of drug-likeness (QED) is 0.704. The Bertz CT molecular complexity index is 170. The van der Waals surface area contributed by atoms with E-state index in [0.29, 0.717) is 0 Å². The molecule has 0 spiro atoms. The second kappa shape index (κ2) is 6.49. The molecule has 0 saturated carbocycles. The van der Waals surface area contributed by atoms with E-state index in [2.05, 4.69) is 38.0 Å². The van der Waals surface area contributed by atoms with E-state index in [4.69, 9.17) is 0 Å². The number of likely N-dealkylation sites (tertiary alicyclic amines) is 1. The monoisotopic (exact) mass is 212 g/mol. The van der Waals surface area contributed by atoms with E-state index in [9.17, 15) is 0 Å². The molecule has 90 valence electrons. The van der Waals surface area contributed by atoms with Crippen molar-refractivity contribution in [1.82, 2.24) is 10.2 Å². The summed E-state index contributed by atoms with van der Waals surface area (Å²) in [6.07, 6.45) is 5.33. The second-order valence-electron chi connectivity index (χ2n) is 5.27. The smallest absolute Gasteiger partial charge is 0.0120 e. The molecule has 0 aromatic heterocycles. The van der Waals surface area contributed by atoms with Gasteiger partial charge in [-0.1, -0.05) is 26.7 Å². The molecule has 15 heavy (non-hydrogen) atoms. The van der Waals surface area contributed by atoms with Crippen LogP contribution in [0.15, 0.2) is 0 Å². The zero-order valence-electron chi connectivity index (χ0n) is 10.9. The molecule has 0 aromatic rings. The highest BCUT2D eigenvalue weighted by atomic mass is 15.2. The van der Waals surface area contributed by atoms with Crippen LogP contribution in [0, 0.1) is 5.92 Å². The van der Waals surface area contributed by atoms with Crippen LogP contribution in [-0.4, -0.2) is 37.1 Å². The molecule has 1 heterocycles.